The van der Waals surface area contributed by atoms with E-state index in [1.807, 2.05) is 61.7 Å². The average Bonchev–Trinajstić information content (AvgIpc) is 3.30. The van der Waals surface area contributed by atoms with Gasteiger partial charge in [0.15, 0.2) is 0 Å². The van der Waals surface area contributed by atoms with Gasteiger partial charge in [-0.05, 0) is 32.4 Å². The number of amides is 3. The summed E-state index contributed by atoms with van der Waals surface area (Å²) < 4.78 is 9.16. The molecular weight excluding hydrogens is 396 g/mol. The topological polar surface area (TPSA) is 83.0 Å². The minimum Gasteiger partial charge on any atom is -0.378 e. The highest BCUT2D eigenvalue weighted by Gasteiger charge is 2.53. The number of imide groups is 1. The van der Waals surface area contributed by atoms with E-state index >= 15 is 0 Å². The molecule has 1 aromatic carbocycles. The van der Waals surface area contributed by atoms with E-state index in [1.54, 1.807) is 11.7 Å². The highest BCUT2D eigenvalue weighted by molar-refractivity contribution is 6.22. The first-order valence-corrected chi connectivity index (χ1v) is 10.4. The van der Waals surface area contributed by atoms with Gasteiger partial charge in [0, 0.05) is 13.7 Å². The van der Waals surface area contributed by atoms with Crippen molar-refractivity contribution >= 4 is 23.7 Å². The minimum atomic E-state index is -0.703. The Morgan fingerprint density at radius 3 is 2.55 bits per heavy atom. The van der Waals surface area contributed by atoms with Gasteiger partial charge in [-0.2, -0.15) is 0 Å². The molecule has 3 amide bonds. The molecule has 0 radical (unpaired) electrons. The summed E-state index contributed by atoms with van der Waals surface area (Å²) in [6.45, 7) is 7.45. The number of urea groups is 1. The summed E-state index contributed by atoms with van der Waals surface area (Å²) >= 11 is 0. The van der Waals surface area contributed by atoms with Crippen LogP contribution in [-0.2, 0) is 16.1 Å². The molecule has 0 spiro atoms. The molecule has 31 heavy (non-hydrogen) atoms. The van der Waals surface area contributed by atoms with Gasteiger partial charge in [-0.25, -0.2) is 9.37 Å². The summed E-state index contributed by atoms with van der Waals surface area (Å²) in [4.78, 5) is 34.0. The Kier molecular flexibility index (Phi) is 5.69. The predicted molar refractivity (Wildman–Crippen MR) is 115 cm³/mol. The first-order chi connectivity index (χ1) is 14.9. The zero-order valence-electron chi connectivity index (χ0n) is 18.3. The van der Waals surface area contributed by atoms with E-state index in [9.17, 15) is 9.59 Å². The number of fused-ring (bicyclic) bond motifs is 1. The van der Waals surface area contributed by atoms with Gasteiger partial charge in [-0.3, -0.25) is 14.6 Å². The molecule has 0 N–H and O–H groups in total. The van der Waals surface area contributed by atoms with Crippen LogP contribution in [0.25, 0.3) is 0 Å². The largest absolute Gasteiger partial charge is 0.421 e. The van der Waals surface area contributed by atoms with Gasteiger partial charge in [0.1, 0.15) is 5.69 Å². The number of hydrogen-bond donors (Lipinski definition) is 0. The van der Waals surface area contributed by atoms with Crippen LogP contribution in [0.3, 0.4) is 0 Å². The fraction of sp³-hybridized carbons (Fsp3) is 0.409. The van der Waals surface area contributed by atoms with Crippen molar-refractivity contribution in [1.82, 2.24) is 19.6 Å². The number of carbonyl (C=O) groups excluding carboxylic acids is 2. The van der Waals surface area contributed by atoms with E-state index in [2.05, 4.69) is 5.10 Å². The summed E-state index contributed by atoms with van der Waals surface area (Å²) in [6.07, 6.45) is 0. The van der Waals surface area contributed by atoms with Gasteiger partial charge < -0.3 is 4.74 Å². The van der Waals surface area contributed by atoms with E-state index in [0.29, 0.717) is 31.6 Å². The van der Waals surface area contributed by atoms with Gasteiger partial charge in [-0.1, -0.05) is 35.3 Å². The Bertz CT molecular complexity index is 1070. The zero-order chi connectivity index (χ0) is 22.1. The van der Waals surface area contributed by atoms with Crippen LogP contribution in [0.1, 0.15) is 23.9 Å². The van der Waals surface area contributed by atoms with Crippen molar-refractivity contribution in [3.63, 3.8) is 0 Å². The molecule has 4 rings (SSSR count). The highest BCUT2D eigenvalue weighted by atomic mass is 16.5. The van der Waals surface area contributed by atoms with Crippen LogP contribution in [0.2, 0.25) is 0 Å². The number of nitrogens with zero attached hydrogens (tertiary/aromatic N) is 6. The minimum absolute atomic E-state index is 0.209. The number of amidine groups is 1. The third-order valence-electron chi connectivity index (χ3n) is 5.45. The van der Waals surface area contributed by atoms with Crippen LogP contribution in [-0.4, -0.2) is 80.7 Å². The van der Waals surface area contributed by atoms with Crippen molar-refractivity contribution in [2.75, 3.05) is 26.8 Å². The summed E-state index contributed by atoms with van der Waals surface area (Å²) in [5, 5.41) is 4.55. The lowest BCUT2D eigenvalue weighted by molar-refractivity contribution is -0.540. The van der Waals surface area contributed by atoms with Crippen LogP contribution < -0.4 is 0 Å². The molecule has 9 nitrogen and oxygen atoms in total. The Morgan fingerprint density at radius 1 is 1.16 bits per heavy atom. The zero-order valence-corrected chi connectivity index (χ0v) is 18.3. The number of likely N-dealkylation sites (N-methyl/N-ethyl adjacent to an activating group) is 1. The van der Waals surface area contributed by atoms with E-state index in [1.165, 1.54) is 9.80 Å². The number of hydrogen-bond acceptors (Lipinski definition) is 5. The van der Waals surface area contributed by atoms with Gasteiger partial charge in [0.05, 0.1) is 25.4 Å². The Hall–Kier alpha value is -3.33. The Morgan fingerprint density at radius 2 is 1.90 bits per heavy atom. The van der Waals surface area contributed by atoms with E-state index < -0.39 is 6.04 Å². The number of rotatable bonds is 6. The number of benzene rings is 1. The average molecular weight is 423 g/mol. The van der Waals surface area contributed by atoms with Gasteiger partial charge in [-0.15, -0.1) is 9.78 Å². The third kappa shape index (κ3) is 3.76. The van der Waals surface area contributed by atoms with Crippen molar-refractivity contribution < 1.29 is 18.9 Å². The van der Waals surface area contributed by atoms with Gasteiger partial charge >= 0.3 is 12.0 Å². The second-order valence-electron chi connectivity index (χ2n) is 7.65. The highest BCUT2D eigenvalue weighted by Crippen LogP contribution is 2.22. The van der Waals surface area contributed by atoms with Gasteiger partial charge in [0.25, 0.3) is 5.91 Å². The molecule has 2 aliphatic rings. The molecule has 2 aliphatic heterocycles. The lowest BCUT2D eigenvalue weighted by atomic mass is 10.1. The number of ether oxygens (including phenoxy) is 1. The molecule has 1 atom stereocenters. The number of aliphatic imine (C=N–C) groups is 1. The van der Waals surface area contributed by atoms with Crippen molar-refractivity contribution in [3.05, 3.63) is 53.3 Å². The normalized spacial score (nSPS) is 18.7. The fourth-order valence-corrected chi connectivity index (χ4v) is 3.95. The maximum atomic E-state index is 13.5. The first-order valence-electron chi connectivity index (χ1n) is 10.4. The van der Waals surface area contributed by atoms with Crippen LogP contribution in [0.5, 0.6) is 0 Å². The van der Waals surface area contributed by atoms with Crippen molar-refractivity contribution in [3.8, 4) is 0 Å². The Balaban J connectivity index is 1.75. The van der Waals surface area contributed by atoms with Crippen molar-refractivity contribution in [2.24, 2.45) is 4.99 Å². The predicted octanol–water partition coefficient (Wildman–Crippen LogP) is 1.63. The van der Waals surface area contributed by atoms with Crippen LogP contribution >= 0.6 is 0 Å². The molecule has 1 aromatic heterocycles. The quantitative estimate of drug-likeness (QED) is 0.522. The molecule has 0 aliphatic carbocycles. The van der Waals surface area contributed by atoms with E-state index in [4.69, 9.17) is 9.73 Å². The van der Waals surface area contributed by atoms with Crippen molar-refractivity contribution in [1.29, 1.82) is 0 Å². The second-order valence-corrected chi connectivity index (χ2v) is 7.65. The van der Waals surface area contributed by atoms with Crippen LogP contribution in [0.4, 0.5) is 4.79 Å². The van der Waals surface area contributed by atoms with Gasteiger partial charge in [0.2, 0.25) is 11.9 Å². The van der Waals surface area contributed by atoms with Crippen LogP contribution in [0.15, 0.2) is 41.4 Å². The number of carbonyl (C=O) groups is 2. The lowest BCUT2D eigenvalue weighted by Gasteiger charge is -2.34. The van der Waals surface area contributed by atoms with E-state index in [0.717, 1.165) is 17.0 Å². The number of aromatic nitrogens is 2. The first kappa shape index (κ1) is 20.9. The molecule has 0 saturated carbocycles. The van der Waals surface area contributed by atoms with E-state index in [-0.39, 0.29) is 18.5 Å². The monoisotopic (exact) mass is 423 g/mol. The second kappa shape index (κ2) is 8.43. The van der Waals surface area contributed by atoms with Crippen molar-refractivity contribution in [2.45, 2.75) is 33.4 Å². The summed E-state index contributed by atoms with van der Waals surface area (Å²) in [7, 11) is 1.66. The lowest BCUT2D eigenvalue weighted by Crippen LogP contribution is -2.62. The Labute approximate surface area is 181 Å². The fourth-order valence-electron chi connectivity index (χ4n) is 3.95. The molecule has 1 saturated heterocycles. The molecule has 2 aromatic rings. The third-order valence-corrected chi connectivity index (χ3v) is 5.45. The molecule has 162 valence electrons. The summed E-state index contributed by atoms with van der Waals surface area (Å²) in [5.41, 5.74) is 2.64. The van der Waals surface area contributed by atoms with Crippen LogP contribution in [0, 0.1) is 13.8 Å². The molecule has 3 heterocycles. The SMILES string of the molecule is CCOCC[N+]1=C(n2nc(C)cc2C)N=C2C1C(=O)N(Cc1ccccc1)C(=O)N2C. The molecule has 9 heteroatoms. The molecule has 1 unspecified atom stereocenters. The molecule has 1 fully saturated rings. The summed E-state index contributed by atoms with van der Waals surface area (Å²) in [6, 6.07) is 10.4. The molecule has 0 bridgehead atoms. The standard InChI is InChI=1S/C22H27N6O3/c1-5-31-12-11-26-18-19(23-21(26)28-16(3)13-15(2)24-28)25(4)22(30)27(20(18)29)14-17-9-7-6-8-10-17/h6-10,13,18H,5,11-12,14H2,1-4H3/q+1. The summed E-state index contributed by atoms with van der Waals surface area (Å²) in [5.74, 6) is 0.650. The number of aryl methyl sites for hydroxylation is 2. The maximum Gasteiger partial charge on any atom is 0.421 e. The molecular formula is C22H27N6O3+. The smallest absolute Gasteiger partial charge is 0.378 e. The maximum absolute atomic E-state index is 13.5.